The van der Waals surface area contributed by atoms with Crippen LogP contribution in [-0.2, 0) is 4.74 Å². The molecule has 6 heterocycles. The number of nitrogens with one attached hydrogen (secondary N) is 2. The molecule has 5 aliphatic heterocycles. The molecule has 0 radical (unpaired) electrons. The van der Waals surface area contributed by atoms with Crippen molar-refractivity contribution in [2.24, 2.45) is 10.9 Å². The quantitative estimate of drug-likeness (QED) is 0.601. The molecule has 1 aromatic rings. The number of rotatable bonds is 2. The molecule has 1 aromatic heterocycles. The summed E-state index contributed by atoms with van der Waals surface area (Å²) in [5, 5.41) is 19.1. The van der Waals surface area contributed by atoms with E-state index in [1.807, 2.05) is 23.4 Å². The number of hydrogen-bond acceptors (Lipinski definition) is 8. The molecular weight excluding hydrogens is 334 g/mol. The van der Waals surface area contributed by atoms with Gasteiger partial charge >= 0.3 is 0 Å². The fourth-order valence-corrected chi connectivity index (χ4v) is 4.57. The highest BCUT2D eigenvalue weighted by Crippen LogP contribution is 2.44. The summed E-state index contributed by atoms with van der Waals surface area (Å²) in [6.07, 6.45) is 7.35. The molecule has 6 rings (SSSR count). The van der Waals surface area contributed by atoms with Gasteiger partial charge in [-0.1, -0.05) is 0 Å². The Bertz CT molecular complexity index is 774. The summed E-state index contributed by atoms with van der Waals surface area (Å²) in [6, 6.07) is 2.32. The molecule has 3 fully saturated rings. The highest BCUT2D eigenvalue weighted by Gasteiger charge is 2.56. The number of nitrogens with zero attached hydrogens (tertiary/aromatic N) is 5. The van der Waals surface area contributed by atoms with E-state index in [0.717, 1.165) is 18.7 Å². The highest BCUT2D eigenvalue weighted by molar-refractivity contribution is 5.89. The Labute approximate surface area is 151 Å². The first-order valence-corrected chi connectivity index (χ1v) is 9.16. The van der Waals surface area contributed by atoms with Crippen LogP contribution < -0.4 is 15.5 Å². The Balaban J connectivity index is 1.30. The van der Waals surface area contributed by atoms with E-state index < -0.39 is 5.60 Å². The van der Waals surface area contributed by atoms with Crippen LogP contribution in [0.3, 0.4) is 0 Å². The summed E-state index contributed by atoms with van der Waals surface area (Å²) in [7, 11) is 0. The third-order valence-electron chi connectivity index (χ3n) is 6.00. The normalized spacial score (nSPS) is 37.6. The number of hydrogen-bond donors (Lipinski definition) is 2. The van der Waals surface area contributed by atoms with Gasteiger partial charge in [0, 0.05) is 37.2 Å². The average molecular weight is 357 g/mol. The van der Waals surface area contributed by atoms with Crippen molar-refractivity contribution < 1.29 is 9.38 Å². The predicted molar refractivity (Wildman–Crippen MR) is 96.9 cm³/mol. The zero-order valence-electron chi connectivity index (χ0n) is 14.8. The SMILES string of the molecule is CC1NC=CN1c1cc(NC2=NC[C@@]3(C[N+]4([O-])CCC3CC4)O2)ncn1. The van der Waals surface area contributed by atoms with E-state index in [1.54, 1.807) is 0 Å². The van der Waals surface area contributed by atoms with Gasteiger partial charge in [-0.25, -0.2) is 15.0 Å². The number of ether oxygens (including phenoxy) is 1. The second-order valence-corrected chi connectivity index (χ2v) is 7.68. The lowest BCUT2D eigenvalue weighted by atomic mass is 9.75. The van der Waals surface area contributed by atoms with Crippen LogP contribution in [0.2, 0.25) is 0 Å². The molecule has 9 nitrogen and oxygen atoms in total. The minimum atomic E-state index is -0.438. The van der Waals surface area contributed by atoms with E-state index in [2.05, 4.69) is 32.5 Å². The molecule has 1 unspecified atom stereocenters. The topological polar surface area (TPSA) is 97.7 Å². The van der Waals surface area contributed by atoms with E-state index in [9.17, 15) is 5.21 Å². The number of piperidine rings is 3. The number of quaternary nitrogens is 1. The number of aliphatic imine (C=N–C) groups is 1. The Kier molecular flexibility index (Phi) is 3.38. The van der Waals surface area contributed by atoms with Crippen LogP contribution >= 0.6 is 0 Å². The monoisotopic (exact) mass is 357 g/mol. The average Bonchev–Trinajstić information content (AvgIpc) is 3.22. The minimum absolute atomic E-state index is 0.136. The maximum absolute atomic E-state index is 12.7. The molecule has 138 valence electrons. The lowest BCUT2D eigenvalue weighted by Gasteiger charge is -2.58. The van der Waals surface area contributed by atoms with Crippen LogP contribution in [0.25, 0.3) is 0 Å². The summed E-state index contributed by atoms with van der Waals surface area (Å²) < 4.78 is 6.07. The number of aromatic nitrogens is 2. The highest BCUT2D eigenvalue weighted by atomic mass is 16.6. The summed E-state index contributed by atoms with van der Waals surface area (Å²) in [6.45, 7) is 4.53. The van der Waals surface area contributed by atoms with Gasteiger partial charge in [-0.2, -0.15) is 0 Å². The van der Waals surface area contributed by atoms with Crippen LogP contribution in [-0.4, -0.2) is 58.6 Å². The van der Waals surface area contributed by atoms with Crippen molar-refractivity contribution in [2.75, 3.05) is 36.4 Å². The van der Waals surface area contributed by atoms with Crippen LogP contribution in [0, 0.1) is 11.1 Å². The third kappa shape index (κ3) is 2.50. The molecule has 0 aliphatic carbocycles. The van der Waals surface area contributed by atoms with Crippen molar-refractivity contribution in [3.63, 3.8) is 0 Å². The van der Waals surface area contributed by atoms with Gasteiger partial charge in [0.15, 0.2) is 5.60 Å². The van der Waals surface area contributed by atoms with Crippen LogP contribution in [0.1, 0.15) is 19.8 Å². The van der Waals surface area contributed by atoms with E-state index in [4.69, 9.17) is 4.74 Å². The van der Waals surface area contributed by atoms with E-state index in [1.165, 1.54) is 6.33 Å². The summed E-state index contributed by atoms with van der Waals surface area (Å²) in [5.41, 5.74) is -0.438. The van der Waals surface area contributed by atoms with Crippen molar-refractivity contribution in [3.05, 3.63) is 30.0 Å². The van der Waals surface area contributed by atoms with E-state index >= 15 is 0 Å². The van der Waals surface area contributed by atoms with Gasteiger partial charge in [-0.3, -0.25) is 5.32 Å². The number of fused-ring (bicyclic) bond motifs is 2. The standard InChI is InChI=1S/C17H23N7O2/c1-12-18-4-5-23(12)15-8-14(20-11-21-15)22-16-19-9-17(26-16)10-24(25)6-2-13(17)3-7-24/h4-5,8,11-13,18H,2-3,6-7,9-10H2,1H3,(H,19,20,21,22)/t12?,13?,17-,24?/m0/s1. The Morgan fingerprint density at radius 3 is 2.96 bits per heavy atom. The molecule has 2 N–H and O–H groups in total. The molecule has 26 heavy (non-hydrogen) atoms. The smallest absolute Gasteiger partial charge is 0.291 e. The molecule has 2 atom stereocenters. The lowest BCUT2D eigenvalue weighted by Crippen LogP contribution is -2.67. The fraction of sp³-hybridized carbons (Fsp3) is 0.588. The molecule has 2 bridgehead atoms. The second-order valence-electron chi connectivity index (χ2n) is 7.68. The zero-order valence-corrected chi connectivity index (χ0v) is 14.8. The van der Waals surface area contributed by atoms with E-state index in [0.29, 0.717) is 43.9 Å². The van der Waals surface area contributed by atoms with Crippen molar-refractivity contribution in [2.45, 2.75) is 31.5 Å². The lowest BCUT2D eigenvalue weighted by molar-refractivity contribution is -0.905. The molecule has 0 amide bonds. The molecule has 9 heteroatoms. The van der Waals surface area contributed by atoms with Crippen LogP contribution in [0.4, 0.5) is 11.6 Å². The number of amidine groups is 1. The van der Waals surface area contributed by atoms with Gasteiger partial charge in [0.1, 0.15) is 30.7 Å². The van der Waals surface area contributed by atoms with Crippen molar-refractivity contribution in [1.82, 2.24) is 15.3 Å². The molecular formula is C17H23N7O2. The van der Waals surface area contributed by atoms with Crippen molar-refractivity contribution in [3.8, 4) is 0 Å². The molecule has 1 spiro atoms. The van der Waals surface area contributed by atoms with Gasteiger partial charge in [0.05, 0.1) is 19.6 Å². The Hall–Kier alpha value is -2.39. The van der Waals surface area contributed by atoms with Gasteiger partial charge in [-0.05, 0) is 6.92 Å². The summed E-state index contributed by atoms with van der Waals surface area (Å²) in [5.74, 6) is 1.84. The molecule has 3 saturated heterocycles. The third-order valence-corrected chi connectivity index (χ3v) is 6.00. The first-order valence-electron chi connectivity index (χ1n) is 9.16. The number of anilines is 2. The fourth-order valence-electron chi connectivity index (χ4n) is 4.57. The van der Waals surface area contributed by atoms with Crippen molar-refractivity contribution in [1.29, 1.82) is 0 Å². The van der Waals surface area contributed by atoms with Gasteiger partial charge < -0.3 is 24.8 Å². The summed E-state index contributed by atoms with van der Waals surface area (Å²) in [4.78, 5) is 15.2. The molecule has 0 saturated carbocycles. The Morgan fingerprint density at radius 1 is 1.38 bits per heavy atom. The minimum Gasteiger partial charge on any atom is -0.633 e. The van der Waals surface area contributed by atoms with E-state index in [-0.39, 0.29) is 10.8 Å². The van der Waals surface area contributed by atoms with Crippen LogP contribution in [0.5, 0.6) is 0 Å². The number of hydroxylamine groups is 3. The molecule has 5 aliphatic rings. The first-order chi connectivity index (χ1) is 12.6. The largest absolute Gasteiger partial charge is 0.633 e. The first kappa shape index (κ1) is 15.8. The van der Waals surface area contributed by atoms with Gasteiger partial charge in [0.2, 0.25) is 0 Å². The van der Waals surface area contributed by atoms with Crippen molar-refractivity contribution >= 4 is 17.7 Å². The zero-order chi connectivity index (χ0) is 17.8. The maximum atomic E-state index is 12.7. The predicted octanol–water partition coefficient (Wildman–Crippen LogP) is 0.978. The van der Waals surface area contributed by atoms with Crippen LogP contribution in [0.15, 0.2) is 29.8 Å². The maximum Gasteiger partial charge on any atom is 0.291 e. The molecule has 0 aromatic carbocycles. The summed E-state index contributed by atoms with van der Waals surface area (Å²) >= 11 is 0. The van der Waals surface area contributed by atoms with Gasteiger partial charge in [-0.15, -0.1) is 0 Å². The second kappa shape index (κ2) is 5.55. The van der Waals surface area contributed by atoms with Gasteiger partial charge in [0.25, 0.3) is 6.02 Å². The Morgan fingerprint density at radius 2 is 2.23 bits per heavy atom.